The van der Waals surface area contributed by atoms with Crippen LogP contribution in [0.4, 0.5) is 17.6 Å². The maximum absolute atomic E-state index is 15.4. The minimum atomic E-state index is -0.874. The molecule has 0 saturated heterocycles. The van der Waals surface area contributed by atoms with Crippen LogP contribution in [0.3, 0.4) is 0 Å². The molecule has 0 nitrogen and oxygen atoms in total. The first-order chi connectivity index (χ1) is 20.9. The summed E-state index contributed by atoms with van der Waals surface area (Å²) >= 11 is 0. The van der Waals surface area contributed by atoms with Gasteiger partial charge in [-0.1, -0.05) is 113 Å². The van der Waals surface area contributed by atoms with E-state index in [-0.39, 0.29) is 11.1 Å². The third-order valence-electron chi connectivity index (χ3n) is 10.1. The summed E-state index contributed by atoms with van der Waals surface area (Å²) in [5.41, 5.74) is 2.95. The molecular formula is C39H46F4. The second-order valence-electron chi connectivity index (χ2n) is 12.9. The van der Waals surface area contributed by atoms with Crippen molar-refractivity contribution in [3.8, 4) is 22.3 Å². The van der Waals surface area contributed by atoms with E-state index < -0.39 is 23.3 Å². The fourth-order valence-electron chi connectivity index (χ4n) is 7.38. The largest absolute Gasteiger partial charge is 0.203 e. The van der Waals surface area contributed by atoms with Gasteiger partial charge in [0, 0.05) is 16.7 Å². The second kappa shape index (κ2) is 14.7. The molecule has 0 radical (unpaired) electrons. The number of hydrogen-bond acceptors (Lipinski definition) is 0. The van der Waals surface area contributed by atoms with Crippen LogP contribution >= 0.6 is 0 Å². The molecule has 2 aliphatic rings. The summed E-state index contributed by atoms with van der Waals surface area (Å²) in [5, 5.41) is 0. The zero-order valence-corrected chi connectivity index (χ0v) is 25.8. The number of halogens is 4. The predicted octanol–water partition coefficient (Wildman–Crippen LogP) is 12.5. The predicted molar refractivity (Wildman–Crippen MR) is 171 cm³/mol. The van der Waals surface area contributed by atoms with Gasteiger partial charge < -0.3 is 0 Å². The monoisotopic (exact) mass is 590 g/mol. The Balaban J connectivity index is 1.24. The van der Waals surface area contributed by atoms with Crippen molar-refractivity contribution in [3.63, 3.8) is 0 Å². The molecule has 3 aromatic rings. The summed E-state index contributed by atoms with van der Waals surface area (Å²) in [6.07, 6.45) is 17.8. The highest BCUT2D eigenvalue weighted by molar-refractivity contribution is 5.74. The first kappa shape index (κ1) is 31.5. The van der Waals surface area contributed by atoms with Crippen LogP contribution in [-0.4, -0.2) is 0 Å². The Morgan fingerprint density at radius 3 is 1.77 bits per heavy atom. The second-order valence-corrected chi connectivity index (χ2v) is 12.9. The van der Waals surface area contributed by atoms with Gasteiger partial charge in [0.25, 0.3) is 0 Å². The van der Waals surface area contributed by atoms with Gasteiger partial charge in [-0.15, -0.1) is 0 Å². The maximum Gasteiger partial charge on any atom is 0.167 e. The zero-order chi connectivity index (χ0) is 30.3. The molecule has 4 heteroatoms. The van der Waals surface area contributed by atoms with E-state index in [0.29, 0.717) is 34.6 Å². The van der Waals surface area contributed by atoms with Crippen molar-refractivity contribution in [1.82, 2.24) is 0 Å². The topological polar surface area (TPSA) is 0 Å². The molecule has 3 aromatic carbocycles. The molecule has 0 N–H and O–H groups in total. The molecule has 2 aliphatic carbocycles. The van der Waals surface area contributed by atoms with Gasteiger partial charge >= 0.3 is 0 Å². The molecule has 0 heterocycles. The smallest absolute Gasteiger partial charge is 0.167 e. The molecular weight excluding hydrogens is 544 g/mol. The van der Waals surface area contributed by atoms with Crippen molar-refractivity contribution < 1.29 is 17.6 Å². The fourth-order valence-corrected chi connectivity index (χ4v) is 7.38. The lowest BCUT2D eigenvalue weighted by Crippen LogP contribution is -2.23. The lowest BCUT2D eigenvalue weighted by molar-refractivity contribution is 0.187. The molecule has 1 saturated carbocycles. The Morgan fingerprint density at radius 1 is 0.581 bits per heavy atom. The van der Waals surface area contributed by atoms with E-state index in [1.165, 1.54) is 51.4 Å². The van der Waals surface area contributed by atoms with Crippen molar-refractivity contribution in [1.29, 1.82) is 0 Å². The van der Waals surface area contributed by atoms with Gasteiger partial charge in [-0.05, 0) is 85.0 Å². The molecule has 1 fully saturated rings. The summed E-state index contributed by atoms with van der Waals surface area (Å²) in [7, 11) is 0. The first-order valence-corrected chi connectivity index (χ1v) is 16.7. The van der Waals surface area contributed by atoms with Crippen molar-refractivity contribution in [2.75, 3.05) is 0 Å². The normalized spacial score (nSPS) is 20.7. The van der Waals surface area contributed by atoms with E-state index in [2.05, 4.69) is 13.0 Å². The van der Waals surface area contributed by atoms with E-state index in [0.717, 1.165) is 49.5 Å². The van der Waals surface area contributed by atoms with Gasteiger partial charge in [0.2, 0.25) is 0 Å². The van der Waals surface area contributed by atoms with Gasteiger partial charge in [-0.3, -0.25) is 0 Å². The average molecular weight is 591 g/mol. The molecule has 0 amide bonds. The van der Waals surface area contributed by atoms with Gasteiger partial charge in [0.05, 0.1) is 0 Å². The van der Waals surface area contributed by atoms with Crippen molar-refractivity contribution in [3.05, 3.63) is 89.0 Å². The molecule has 0 aromatic heterocycles. The van der Waals surface area contributed by atoms with Crippen LogP contribution in [0, 0.1) is 41.0 Å². The third-order valence-corrected chi connectivity index (χ3v) is 10.1. The third kappa shape index (κ3) is 7.27. The zero-order valence-electron chi connectivity index (χ0n) is 25.8. The Bertz CT molecular complexity index is 1400. The molecule has 5 rings (SSSR count). The van der Waals surface area contributed by atoms with Crippen LogP contribution < -0.4 is 0 Å². The quantitative estimate of drug-likeness (QED) is 0.154. The van der Waals surface area contributed by atoms with Crippen molar-refractivity contribution in [2.45, 2.75) is 104 Å². The molecule has 1 atom stereocenters. The van der Waals surface area contributed by atoms with Crippen LogP contribution in [0.1, 0.15) is 108 Å². The minimum absolute atomic E-state index is 0.161. The summed E-state index contributed by atoms with van der Waals surface area (Å²) in [5.74, 6) is -1.06. The SMILES string of the molecule is CCCCCC1CCC(C2CC=C(c3ccc(-c4ccc(-c5ccc(CCCC)c(F)c5F)cc4)c(F)c3F)CC2)CC1. The standard InChI is InChI=1S/C39H46F4/c1-3-5-7-8-26-10-12-27(13-11-26)28-14-16-29(17-15-28)34-24-25-35(39(43)38(34)42)31-20-18-30(19-21-31)33-23-22-32(9-6-4-2)36(40)37(33)41/h16,18-28H,3-15,17H2,1-2H3. The number of unbranched alkanes of at least 4 members (excludes halogenated alkanes) is 3. The highest BCUT2D eigenvalue weighted by Gasteiger charge is 2.29. The molecule has 230 valence electrons. The lowest BCUT2D eigenvalue weighted by atomic mass is 9.70. The Morgan fingerprint density at radius 2 is 1.16 bits per heavy atom. The molecule has 0 aliphatic heterocycles. The number of aryl methyl sites for hydroxylation is 1. The van der Waals surface area contributed by atoms with Crippen molar-refractivity contribution in [2.24, 2.45) is 17.8 Å². The molecule has 0 bridgehead atoms. The maximum atomic E-state index is 15.4. The van der Waals surface area contributed by atoms with Crippen LogP contribution in [0.5, 0.6) is 0 Å². The van der Waals surface area contributed by atoms with Crippen LogP contribution in [0.25, 0.3) is 27.8 Å². The lowest BCUT2D eigenvalue weighted by Gasteiger charge is -2.35. The number of allylic oxidation sites excluding steroid dienone is 2. The van der Waals surface area contributed by atoms with E-state index in [1.807, 2.05) is 6.92 Å². The van der Waals surface area contributed by atoms with Gasteiger partial charge in [-0.25, -0.2) is 17.6 Å². The Hall–Kier alpha value is -2.88. The average Bonchev–Trinajstić information content (AvgIpc) is 3.04. The summed E-state index contributed by atoms with van der Waals surface area (Å²) in [6.45, 7) is 4.27. The molecule has 43 heavy (non-hydrogen) atoms. The van der Waals surface area contributed by atoms with E-state index in [9.17, 15) is 8.78 Å². The van der Waals surface area contributed by atoms with Gasteiger partial charge in [0.15, 0.2) is 23.3 Å². The highest BCUT2D eigenvalue weighted by atomic mass is 19.2. The summed E-state index contributed by atoms with van der Waals surface area (Å²) in [4.78, 5) is 0. The number of benzene rings is 3. The van der Waals surface area contributed by atoms with Crippen LogP contribution in [0.2, 0.25) is 0 Å². The first-order valence-electron chi connectivity index (χ1n) is 16.7. The number of hydrogen-bond donors (Lipinski definition) is 0. The van der Waals surface area contributed by atoms with E-state index in [1.54, 1.807) is 48.5 Å². The summed E-state index contributed by atoms with van der Waals surface area (Å²) in [6, 6.07) is 13.1. The highest BCUT2D eigenvalue weighted by Crippen LogP contribution is 2.43. The van der Waals surface area contributed by atoms with Crippen molar-refractivity contribution >= 4 is 5.57 Å². The Labute approximate surface area is 255 Å². The van der Waals surface area contributed by atoms with Gasteiger partial charge in [-0.2, -0.15) is 0 Å². The van der Waals surface area contributed by atoms with Crippen LogP contribution in [-0.2, 0) is 6.42 Å². The van der Waals surface area contributed by atoms with E-state index >= 15 is 8.78 Å². The fraction of sp³-hybridized carbons (Fsp3) is 0.487. The van der Waals surface area contributed by atoms with Gasteiger partial charge in [0.1, 0.15) is 0 Å². The van der Waals surface area contributed by atoms with E-state index in [4.69, 9.17) is 0 Å². The van der Waals surface area contributed by atoms with Crippen LogP contribution in [0.15, 0.2) is 54.6 Å². The molecule has 1 unspecified atom stereocenters. The summed E-state index contributed by atoms with van der Waals surface area (Å²) < 4.78 is 60.3. The Kier molecular flexibility index (Phi) is 10.8. The number of rotatable bonds is 11. The molecule has 0 spiro atoms. The minimum Gasteiger partial charge on any atom is -0.203 e.